The number of nitrogens with zero attached hydrogens (tertiary/aromatic N) is 2. The zero-order valence-corrected chi connectivity index (χ0v) is 16.0. The maximum absolute atomic E-state index is 12.3. The number of benzene rings is 2. The van der Waals surface area contributed by atoms with Crippen molar-refractivity contribution in [2.75, 3.05) is 18.6 Å². The van der Waals surface area contributed by atoms with E-state index in [4.69, 9.17) is 27.9 Å². The van der Waals surface area contributed by atoms with Crippen molar-refractivity contribution < 1.29 is 14.3 Å². The highest BCUT2D eigenvalue weighted by Crippen LogP contribution is 2.27. The summed E-state index contributed by atoms with van der Waals surface area (Å²) in [6.45, 7) is 0.305. The van der Waals surface area contributed by atoms with E-state index in [0.717, 1.165) is 5.69 Å². The number of nitrogens with one attached hydrogen (secondary N) is 1. The molecule has 1 unspecified atom stereocenters. The van der Waals surface area contributed by atoms with E-state index in [2.05, 4.69) is 10.5 Å². The summed E-state index contributed by atoms with van der Waals surface area (Å²) in [5.41, 5.74) is 3.91. The molecule has 2 aromatic rings. The number of rotatable bonds is 5. The van der Waals surface area contributed by atoms with Gasteiger partial charge in [-0.25, -0.2) is 5.43 Å². The van der Waals surface area contributed by atoms with E-state index in [-0.39, 0.29) is 18.2 Å². The Morgan fingerprint density at radius 2 is 1.96 bits per heavy atom. The van der Waals surface area contributed by atoms with Crippen LogP contribution in [-0.2, 0) is 9.59 Å². The van der Waals surface area contributed by atoms with Gasteiger partial charge in [0, 0.05) is 18.7 Å². The van der Waals surface area contributed by atoms with Gasteiger partial charge >= 0.3 is 0 Å². The molecule has 8 heteroatoms. The van der Waals surface area contributed by atoms with Gasteiger partial charge in [0.2, 0.25) is 11.8 Å². The van der Waals surface area contributed by atoms with Gasteiger partial charge < -0.3 is 9.64 Å². The number of ether oxygens (including phenoxy) is 1. The first-order valence-electron chi connectivity index (χ1n) is 8.20. The molecule has 1 fully saturated rings. The summed E-state index contributed by atoms with van der Waals surface area (Å²) < 4.78 is 5.11. The van der Waals surface area contributed by atoms with E-state index >= 15 is 0 Å². The molecule has 0 aromatic heterocycles. The average Bonchev–Trinajstić information content (AvgIpc) is 3.06. The number of amides is 2. The Morgan fingerprint density at radius 3 is 2.63 bits per heavy atom. The fourth-order valence-corrected chi connectivity index (χ4v) is 3.06. The molecule has 1 aliphatic rings. The Morgan fingerprint density at radius 1 is 1.22 bits per heavy atom. The third kappa shape index (κ3) is 4.59. The van der Waals surface area contributed by atoms with Crippen molar-refractivity contribution >= 4 is 46.9 Å². The molecule has 0 spiro atoms. The van der Waals surface area contributed by atoms with Crippen molar-refractivity contribution in [2.45, 2.75) is 6.42 Å². The maximum atomic E-state index is 12.3. The van der Waals surface area contributed by atoms with Crippen LogP contribution in [0.3, 0.4) is 0 Å². The molecule has 0 aliphatic carbocycles. The molecule has 0 radical (unpaired) electrons. The van der Waals surface area contributed by atoms with Crippen molar-refractivity contribution in [3.8, 4) is 5.75 Å². The molecule has 6 nitrogen and oxygen atoms in total. The molecule has 1 saturated heterocycles. The topological polar surface area (TPSA) is 71.0 Å². The largest absolute Gasteiger partial charge is 0.497 e. The molecule has 1 N–H and O–H groups in total. The fourth-order valence-electron chi connectivity index (χ4n) is 2.75. The van der Waals surface area contributed by atoms with Gasteiger partial charge in [-0.1, -0.05) is 29.3 Å². The summed E-state index contributed by atoms with van der Waals surface area (Å²) in [5.74, 6) is -0.175. The second-order valence-electron chi connectivity index (χ2n) is 6.01. The summed E-state index contributed by atoms with van der Waals surface area (Å²) in [5, 5.41) is 4.78. The lowest BCUT2D eigenvalue weighted by Crippen LogP contribution is -2.30. The first-order chi connectivity index (χ1) is 13.0. The van der Waals surface area contributed by atoms with E-state index in [9.17, 15) is 9.59 Å². The van der Waals surface area contributed by atoms with E-state index in [1.807, 2.05) is 0 Å². The van der Waals surface area contributed by atoms with Crippen molar-refractivity contribution in [3.63, 3.8) is 0 Å². The first kappa shape index (κ1) is 19.2. The summed E-state index contributed by atoms with van der Waals surface area (Å²) in [6.07, 6.45) is 1.61. The Labute approximate surface area is 166 Å². The Kier molecular flexibility index (Phi) is 5.98. The second kappa shape index (κ2) is 8.41. The SMILES string of the molecule is COc1ccc(N2CC(C(=O)NN=Cc3ccc(Cl)c(Cl)c3)CC2=O)cc1. The molecule has 27 heavy (non-hydrogen) atoms. The Bertz CT molecular complexity index is 884. The van der Waals surface area contributed by atoms with Crippen LogP contribution >= 0.6 is 23.2 Å². The average molecular weight is 406 g/mol. The van der Waals surface area contributed by atoms with E-state index in [0.29, 0.717) is 27.9 Å². The molecule has 1 heterocycles. The van der Waals surface area contributed by atoms with Gasteiger partial charge in [0.05, 0.1) is 29.3 Å². The Balaban J connectivity index is 1.59. The van der Waals surface area contributed by atoms with Crippen LogP contribution in [0, 0.1) is 5.92 Å². The molecule has 3 rings (SSSR count). The normalized spacial score (nSPS) is 16.8. The van der Waals surface area contributed by atoms with Gasteiger partial charge in [0.15, 0.2) is 0 Å². The number of hydrogen-bond acceptors (Lipinski definition) is 4. The smallest absolute Gasteiger partial charge is 0.245 e. The predicted molar refractivity (Wildman–Crippen MR) is 106 cm³/mol. The molecule has 0 bridgehead atoms. The third-order valence-corrected chi connectivity index (χ3v) is 4.95. The van der Waals surface area contributed by atoms with Crippen molar-refractivity contribution in [1.29, 1.82) is 0 Å². The summed E-state index contributed by atoms with van der Waals surface area (Å²) in [6, 6.07) is 12.2. The van der Waals surface area contributed by atoms with Gasteiger partial charge in [-0.05, 0) is 42.0 Å². The van der Waals surface area contributed by atoms with Crippen LogP contribution in [-0.4, -0.2) is 31.7 Å². The van der Waals surface area contributed by atoms with Crippen LogP contribution < -0.4 is 15.1 Å². The van der Waals surface area contributed by atoms with Crippen LogP contribution in [0.2, 0.25) is 10.0 Å². The molecular formula is C19H17Cl2N3O3. The quantitative estimate of drug-likeness (QED) is 0.610. The summed E-state index contributed by atoms with van der Waals surface area (Å²) >= 11 is 11.8. The standard InChI is InChI=1S/C19H17Cl2N3O3/c1-27-15-5-3-14(4-6-15)24-11-13(9-18(24)25)19(26)23-22-10-12-2-7-16(20)17(21)8-12/h2-8,10,13H,9,11H2,1H3,(H,23,26). The number of carbonyl (C=O) groups excluding carboxylic acids is 2. The monoisotopic (exact) mass is 405 g/mol. The Hall–Kier alpha value is -2.57. The van der Waals surface area contributed by atoms with Crippen LogP contribution in [0.1, 0.15) is 12.0 Å². The number of methoxy groups -OCH3 is 1. The van der Waals surface area contributed by atoms with Gasteiger partial charge in [0.25, 0.3) is 0 Å². The molecule has 0 saturated carbocycles. The summed E-state index contributed by atoms with van der Waals surface area (Å²) in [4.78, 5) is 26.2. The van der Waals surface area contributed by atoms with Crippen LogP contribution in [0.4, 0.5) is 5.69 Å². The van der Waals surface area contributed by atoms with Gasteiger partial charge in [0.1, 0.15) is 5.75 Å². The highest BCUT2D eigenvalue weighted by atomic mass is 35.5. The summed E-state index contributed by atoms with van der Waals surface area (Å²) in [7, 11) is 1.58. The molecule has 1 aliphatic heterocycles. The highest BCUT2D eigenvalue weighted by molar-refractivity contribution is 6.42. The number of hydrogen-bond donors (Lipinski definition) is 1. The number of halogens is 2. The lowest BCUT2D eigenvalue weighted by Gasteiger charge is -2.16. The minimum Gasteiger partial charge on any atom is -0.497 e. The van der Waals surface area contributed by atoms with E-state index in [1.165, 1.54) is 6.21 Å². The van der Waals surface area contributed by atoms with Crippen molar-refractivity contribution in [2.24, 2.45) is 11.0 Å². The van der Waals surface area contributed by atoms with Gasteiger partial charge in [-0.15, -0.1) is 0 Å². The van der Waals surface area contributed by atoms with Crippen molar-refractivity contribution in [1.82, 2.24) is 5.43 Å². The van der Waals surface area contributed by atoms with Gasteiger partial charge in [-0.2, -0.15) is 5.10 Å². The molecule has 2 amide bonds. The van der Waals surface area contributed by atoms with E-state index in [1.54, 1.807) is 54.5 Å². The lowest BCUT2D eigenvalue weighted by molar-refractivity contribution is -0.126. The molecular weight excluding hydrogens is 389 g/mol. The molecule has 140 valence electrons. The lowest BCUT2D eigenvalue weighted by atomic mass is 10.1. The highest BCUT2D eigenvalue weighted by Gasteiger charge is 2.35. The minimum atomic E-state index is -0.467. The minimum absolute atomic E-state index is 0.103. The third-order valence-electron chi connectivity index (χ3n) is 4.21. The first-order valence-corrected chi connectivity index (χ1v) is 8.96. The number of carbonyl (C=O) groups is 2. The van der Waals surface area contributed by atoms with Gasteiger partial charge in [-0.3, -0.25) is 9.59 Å². The number of hydrazone groups is 1. The second-order valence-corrected chi connectivity index (χ2v) is 6.83. The van der Waals surface area contributed by atoms with Crippen LogP contribution in [0.15, 0.2) is 47.6 Å². The van der Waals surface area contributed by atoms with Crippen LogP contribution in [0.5, 0.6) is 5.75 Å². The zero-order chi connectivity index (χ0) is 19.4. The zero-order valence-electron chi connectivity index (χ0n) is 14.5. The van der Waals surface area contributed by atoms with Crippen molar-refractivity contribution in [3.05, 3.63) is 58.1 Å². The maximum Gasteiger partial charge on any atom is 0.245 e. The molecule has 2 aromatic carbocycles. The number of anilines is 1. The fraction of sp³-hybridized carbons (Fsp3) is 0.211. The van der Waals surface area contributed by atoms with Crippen LogP contribution in [0.25, 0.3) is 0 Å². The molecule has 1 atom stereocenters. The van der Waals surface area contributed by atoms with E-state index < -0.39 is 5.92 Å². The predicted octanol–water partition coefficient (Wildman–Crippen LogP) is 3.51.